The SMILES string of the molecule is C[C@@H](Sc1nc(C(F)(F)F)nc2ccccc12)C(=O)NC(=O)NC1CCCCC1. The highest BCUT2D eigenvalue weighted by Gasteiger charge is 2.36. The zero-order valence-corrected chi connectivity index (χ0v) is 16.6. The molecular formula is C19H21F3N4O2S. The van der Waals surface area contributed by atoms with Gasteiger partial charge < -0.3 is 5.32 Å². The van der Waals surface area contributed by atoms with Gasteiger partial charge >= 0.3 is 12.2 Å². The number of thioether (sulfide) groups is 1. The van der Waals surface area contributed by atoms with E-state index in [1.807, 2.05) is 0 Å². The number of nitrogens with zero attached hydrogens (tertiary/aromatic N) is 2. The molecule has 0 radical (unpaired) electrons. The van der Waals surface area contributed by atoms with E-state index in [4.69, 9.17) is 0 Å². The van der Waals surface area contributed by atoms with E-state index in [1.54, 1.807) is 18.2 Å². The molecule has 1 heterocycles. The van der Waals surface area contributed by atoms with Crippen molar-refractivity contribution < 1.29 is 22.8 Å². The normalized spacial score (nSPS) is 16.4. The van der Waals surface area contributed by atoms with Crippen molar-refractivity contribution in [3.05, 3.63) is 30.1 Å². The zero-order valence-electron chi connectivity index (χ0n) is 15.8. The maximum absolute atomic E-state index is 13.1. The maximum Gasteiger partial charge on any atom is 0.451 e. The smallest absolute Gasteiger partial charge is 0.335 e. The fourth-order valence-corrected chi connectivity index (χ4v) is 4.11. The number of rotatable bonds is 4. The largest absolute Gasteiger partial charge is 0.451 e. The molecule has 1 aliphatic rings. The number of carbonyl (C=O) groups excluding carboxylic acids is 2. The van der Waals surface area contributed by atoms with Crippen molar-refractivity contribution in [1.82, 2.24) is 20.6 Å². The maximum atomic E-state index is 13.1. The van der Waals surface area contributed by atoms with Crippen LogP contribution in [0.15, 0.2) is 29.3 Å². The van der Waals surface area contributed by atoms with Crippen LogP contribution in [0.25, 0.3) is 10.9 Å². The second-order valence-corrected chi connectivity index (χ2v) is 8.25. The van der Waals surface area contributed by atoms with E-state index in [2.05, 4.69) is 20.6 Å². The summed E-state index contributed by atoms with van der Waals surface area (Å²) in [6.07, 6.45) is 0.253. The third-order valence-corrected chi connectivity index (χ3v) is 5.76. The number of halogens is 3. The van der Waals surface area contributed by atoms with Crippen molar-refractivity contribution in [3.8, 4) is 0 Å². The van der Waals surface area contributed by atoms with Gasteiger partial charge in [0.1, 0.15) is 5.03 Å². The van der Waals surface area contributed by atoms with Gasteiger partial charge in [-0.2, -0.15) is 13.2 Å². The predicted octanol–water partition coefficient (Wildman–Crippen LogP) is 4.29. The van der Waals surface area contributed by atoms with Crippen LogP contribution in [0, 0.1) is 0 Å². The van der Waals surface area contributed by atoms with Crippen molar-refractivity contribution in [2.75, 3.05) is 0 Å². The van der Waals surface area contributed by atoms with E-state index in [1.165, 1.54) is 13.0 Å². The van der Waals surface area contributed by atoms with Crippen molar-refractivity contribution in [2.45, 2.75) is 61.5 Å². The topological polar surface area (TPSA) is 84.0 Å². The van der Waals surface area contributed by atoms with E-state index in [0.717, 1.165) is 43.9 Å². The highest BCUT2D eigenvalue weighted by atomic mass is 32.2. The fourth-order valence-electron chi connectivity index (χ4n) is 3.17. The summed E-state index contributed by atoms with van der Waals surface area (Å²) in [5, 5.41) is 4.66. The molecule has 3 rings (SSSR count). The van der Waals surface area contributed by atoms with Crippen molar-refractivity contribution in [1.29, 1.82) is 0 Å². The average Bonchev–Trinajstić information content (AvgIpc) is 2.67. The van der Waals surface area contributed by atoms with E-state index >= 15 is 0 Å². The van der Waals surface area contributed by atoms with Crippen LogP contribution < -0.4 is 10.6 Å². The Hall–Kier alpha value is -2.36. The first-order valence-corrected chi connectivity index (χ1v) is 10.2. The lowest BCUT2D eigenvalue weighted by Crippen LogP contribution is -2.47. The number of benzene rings is 1. The van der Waals surface area contributed by atoms with Gasteiger partial charge in [-0.3, -0.25) is 10.1 Å². The summed E-state index contributed by atoms with van der Waals surface area (Å²) in [6, 6.07) is 5.75. The molecule has 2 N–H and O–H groups in total. The number of carbonyl (C=O) groups is 2. The molecule has 0 bridgehead atoms. The molecule has 0 unspecified atom stereocenters. The summed E-state index contributed by atoms with van der Waals surface area (Å²) in [4.78, 5) is 31.6. The number of imide groups is 1. The molecule has 0 saturated heterocycles. The molecule has 2 aromatic rings. The predicted molar refractivity (Wildman–Crippen MR) is 103 cm³/mol. The quantitative estimate of drug-likeness (QED) is 0.563. The lowest BCUT2D eigenvalue weighted by molar-refractivity contribution is -0.145. The molecule has 3 amide bonds. The van der Waals surface area contributed by atoms with Gasteiger partial charge in [0, 0.05) is 11.4 Å². The van der Waals surface area contributed by atoms with Crippen molar-refractivity contribution in [3.63, 3.8) is 0 Å². The highest BCUT2D eigenvalue weighted by molar-refractivity contribution is 8.00. The Balaban J connectivity index is 1.70. The molecule has 29 heavy (non-hydrogen) atoms. The lowest BCUT2D eigenvalue weighted by Gasteiger charge is -2.23. The van der Waals surface area contributed by atoms with Gasteiger partial charge in [-0.1, -0.05) is 49.2 Å². The van der Waals surface area contributed by atoms with E-state index in [9.17, 15) is 22.8 Å². The molecule has 1 aliphatic carbocycles. The summed E-state index contributed by atoms with van der Waals surface area (Å²) < 4.78 is 39.4. The van der Waals surface area contributed by atoms with E-state index in [0.29, 0.717) is 5.39 Å². The first-order chi connectivity index (χ1) is 13.7. The minimum Gasteiger partial charge on any atom is -0.335 e. The number of para-hydroxylation sites is 1. The zero-order chi connectivity index (χ0) is 21.0. The van der Waals surface area contributed by atoms with Gasteiger partial charge in [0.15, 0.2) is 0 Å². The van der Waals surface area contributed by atoms with E-state index < -0.39 is 29.2 Å². The highest BCUT2D eigenvalue weighted by Crippen LogP contribution is 2.33. The Morgan fingerprint density at radius 1 is 1.14 bits per heavy atom. The number of hydrogen-bond donors (Lipinski definition) is 2. The number of aromatic nitrogens is 2. The van der Waals surface area contributed by atoms with Crippen LogP contribution in [-0.2, 0) is 11.0 Å². The summed E-state index contributed by atoms with van der Waals surface area (Å²) in [5.41, 5.74) is 0.139. The molecule has 0 spiro atoms. The van der Waals surface area contributed by atoms with Crippen LogP contribution in [0.1, 0.15) is 44.9 Å². The number of alkyl halides is 3. The van der Waals surface area contributed by atoms with Gasteiger partial charge in [-0.25, -0.2) is 14.8 Å². The molecule has 10 heteroatoms. The Morgan fingerprint density at radius 3 is 2.52 bits per heavy atom. The number of hydrogen-bond acceptors (Lipinski definition) is 5. The second kappa shape index (κ2) is 8.98. The molecule has 0 aliphatic heterocycles. The number of urea groups is 1. The van der Waals surface area contributed by atoms with Crippen molar-refractivity contribution >= 4 is 34.6 Å². The molecule has 6 nitrogen and oxygen atoms in total. The van der Waals surface area contributed by atoms with Crippen LogP contribution >= 0.6 is 11.8 Å². The third-order valence-electron chi connectivity index (χ3n) is 4.66. The summed E-state index contributed by atoms with van der Waals surface area (Å²) in [5.74, 6) is -1.86. The monoisotopic (exact) mass is 426 g/mol. The van der Waals surface area contributed by atoms with Crippen LogP contribution in [0.4, 0.5) is 18.0 Å². The summed E-state index contributed by atoms with van der Waals surface area (Å²) >= 11 is 0.856. The van der Waals surface area contributed by atoms with Crippen LogP contribution in [-0.4, -0.2) is 33.2 Å². The molecule has 1 aromatic carbocycles. The third kappa shape index (κ3) is 5.59. The summed E-state index contributed by atoms with van der Waals surface area (Å²) in [7, 11) is 0. The van der Waals surface area contributed by atoms with Crippen LogP contribution in [0.3, 0.4) is 0 Å². The Morgan fingerprint density at radius 2 is 1.83 bits per heavy atom. The Bertz CT molecular complexity index is 901. The number of nitrogens with one attached hydrogen (secondary N) is 2. The fraction of sp³-hybridized carbons (Fsp3) is 0.474. The van der Waals surface area contributed by atoms with Gasteiger partial charge in [0.2, 0.25) is 11.7 Å². The van der Waals surface area contributed by atoms with Gasteiger partial charge in [0.05, 0.1) is 10.8 Å². The van der Waals surface area contributed by atoms with Gasteiger partial charge in [0.25, 0.3) is 0 Å². The molecule has 156 valence electrons. The Kier molecular flexibility index (Phi) is 6.61. The van der Waals surface area contributed by atoms with Crippen LogP contribution in [0.5, 0.6) is 0 Å². The lowest BCUT2D eigenvalue weighted by atomic mass is 9.96. The molecular weight excluding hydrogens is 405 g/mol. The minimum absolute atomic E-state index is 0.0401. The first kappa shape index (κ1) is 21.4. The van der Waals surface area contributed by atoms with Gasteiger partial charge in [-0.05, 0) is 25.8 Å². The minimum atomic E-state index is -4.70. The van der Waals surface area contributed by atoms with Crippen LogP contribution in [0.2, 0.25) is 0 Å². The Labute approximate surface area is 170 Å². The van der Waals surface area contributed by atoms with Gasteiger partial charge in [-0.15, -0.1) is 0 Å². The molecule has 1 saturated carbocycles. The second-order valence-electron chi connectivity index (χ2n) is 6.93. The van der Waals surface area contributed by atoms with E-state index in [-0.39, 0.29) is 16.6 Å². The molecule has 1 aromatic heterocycles. The molecule has 1 fully saturated rings. The molecule has 1 atom stereocenters. The van der Waals surface area contributed by atoms with Crippen molar-refractivity contribution in [2.24, 2.45) is 0 Å². The first-order valence-electron chi connectivity index (χ1n) is 9.36. The number of amides is 3. The summed E-state index contributed by atoms with van der Waals surface area (Å²) in [6.45, 7) is 1.51. The number of fused-ring (bicyclic) bond motifs is 1. The average molecular weight is 426 g/mol. The standard InChI is InChI=1S/C19H21F3N4O2S/c1-11(15(27)25-18(28)23-12-7-3-2-4-8-12)29-16-13-9-5-6-10-14(13)24-17(26-16)19(20,21)22/h5-6,9-12H,2-4,7-8H2,1H3,(H2,23,25,27,28)/t11-/m1/s1.